The standard InChI is InChI=1S/C17H17N3O2/c1-12(2)18-17-19-15(11-14-9-6-10-22-14)16(21)20(17)13-7-4-3-5-8-13/h3-12H,1-2H3,(H,18,19)/b15-11-. The molecule has 2 heterocycles. The van der Waals surface area contributed by atoms with Gasteiger partial charge in [-0.15, -0.1) is 0 Å². The van der Waals surface area contributed by atoms with E-state index in [9.17, 15) is 4.79 Å². The number of carbonyl (C=O) groups excluding carboxylic acids is 1. The number of benzene rings is 1. The molecule has 5 heteroatoms. The zero-order valence-electron chi connectivity index (χ0n) is 12.5. The topological polar surface area (TPSA) is 57.8 Å². The van der Waals surface area contributed by atoms with Crippen LogP contribution in [0.1, 0.15) is 19.6 Å². The van der Waals surface area contributed by atoms with Gasteiger partial charge in [0.25, 0.3) is 5.91 Å². The Hall–Kier alpha value is -2.82. The highest BCUT2D eigenvalue weighted by Crippen LogP contribution is 2.22. The molecule has 22 heavy (non-hydrogen) atoms. The van der Waals surface area contributed by atoms with Gasteiger partial charge in [-0.25, -0.2) is 9.89 Å². The van der Waals surface area contributed by atoms with Crippen LogP contribution in [-0.2, 0) is 4.79 Å². The minimum Gasteiger partial charge on any atom is -0.465 e. The summed E-state index contributed by atoms with van der Waals surface area (Å²) in [5, 5.41) is 3.09. The summed E-state index contributed by atoms with van der Waals surface area (Å²) in [6, 6.07) is 13.1. The minimum atomic E-state index is -0.151. The smallest absolute Gasteiger partial charge is 0.281 e. The molecular weight excluding hydrogens is 278 g/mol. The highest BCUT2D eigenvalue weighted by atomic mass is 16.3. The number of rotatable bonds is 3. The van der Waals surface area contributed by atoms with Gasteiger partial charge in [0.1, 0.15) is 11.5 Å². The first-order chi connectivity index (χ1) is 10.6. The Morgan fingerprint density at radius 2 is 1.95 bits per heavy atom. The molecule has 5 nitrogen and oxygen atoms in total. The monoisotopic (exact) mass is 295 g/mol. The number of furan rings is 1. The van der Waals surface area contributed by atoms with E-state index in [1.807, 2.05) is 44.2 Å². The largest absolute Gasteiger partial charge is 0.465 e. The first-order valence-corrected chi connectivity index (χ1v) is 7.14. The zero-order valence-corrected chi connectivity index (χ0v) is 12.5. The molecule has 0 spiro atoms. The van der Waals surface area contributed by atoms with Gasteiger partial charge in [0.2, 0.25) is 5.96 Å². The fraction of sp³-hybridized carbons (Fsp3) is 0.176. The van der Waals surface area contributed by atoms with Crippen LogP contribution in [-0.4, -0.2) is 17.9 Å². The van der Waals surface area contributed by atoms with Crippen LogP contribution in [0.4, 0.5) is 5.69 Å². The summed E-state index contributed by atoms with van der Waals surface area (Å²) in [6.45, 7) is 3.94. The fourth-order valence-corrected chi connectivity index (χ4v) is 2.21. The minimum absolute atomic E-state index is 0.0736. The third kappa shape index (κ3) is 2.79. The summed E-state index contributed by atoms with van der Waals surface area (Å²) in [4.78, 5) is 18.8. The number of anilines is 1. The molecule has 0 atom stereocenters. The van der Waals surface area contributed by atoms with Crippen molar-refractivity contribution >= 4 is 23.6 Å². The molecular formula is C17H17N3O2. The van der Waals surface area contributed by atoms with E-state index in [2.05, 4.69) is 10.3 Å². The lowest BCUT2D eigenvalue weighted by atomic mass is 10.3. The van der Waals surface area contributed by atoms with Crippen molar-refractivity contribution in [1.29, 1.82) is 0 Å². The molecule has 1 N–H and O–H groups in total. The number of guanidine groups is 1. The summed E-state index contributed by atoms with van der Waals surface area (Å²) in [6.07, 6.45) is 3.25. The maximum Gasteiger partial charge on any atom is 0.281 e. The van der Waals surface area contributed by atoms with Crippen LogP contribution in [0, 0.1) is 0 Å². The van der Waals surface area contributed by atoms with E-state index >= 15 is 0 Å². The van der Waals surface area contributed by atoms with Crippen LogP contribution in [0.5, 0.6) is 0 Å². The Bertz CT molecular complexity index is 716. The van der Waals surface area contributed by atoms with Crippen LogP contribution in [0.3, 0.4) is 0 Å². The normalized spacial score (nSPS) is 18.5. The molecule has 0 unspecified atom stereocenters. The van der Waals surface area contributed by atoms with Gasteiger partial charge in [-0.05, 0) is 38.1 Å². The van der Waals surface area contributed by atoms with Gasteiger partial charge >= 0.3 is 0 Å². The van der Waals surface area contributed by atoms with Crippen LogP contribution in [0.25, 0.3) is 6.08 Å². The summed E-state index contributed by atoms with van der Waals surface area (Å²) < 4.78 is 5.27. The van der Waals surface area contributed by atoms with Crippen molar-refractivity contribution in [2.24, 2.45) is 4.99 Å². The Morgan fingerprint density at radius 1 is 1.18 bits per heavy atom. The Balaban J connectivity index is 2.01. The van der Waals surface area contributed by atoms with Crippen LogP contribution >= 0.6 is 0 Å². The van der Waals surface area contributed by atoms with E-state index in [1.54, 1.807) is 29.4 Å². The second kappa shape index (κ2) is 5.89. The molecule has 1 amide bonds. The van der Waals surface area contributed by atoms with Gasteiger partial charge < -0.3 is 9.73 Å². The highest BCUT2D eigenvalue weighted by Gasteiger charge is 2.33. The third-order valence-corrected chi connectivity index (χ3v) is 3.12. The number of aliphatic imine (C=N–C) groups is 1. The molecule has 1 saturated heterocycles. The average Bonchev–Trinajstić information content (AvgIpc) is 3.09. The van der Waals surface area contributed by atoms with Gasteiger partial charge in [0.05, 0.1) is 12.0 Å². The third-order valence-electron chi connectivity index (χ3n) is 3.12. The molecule has 0 saturated carbocycles. The van der Waals surface area contributed by atoms with Crippen molar-refractivity contribution in [2.75, 3.05) is 4.90 Å². The Morgan fingerprint density at radius 3 is 2.59 bits per heavy atom. The van der Waals surface area contributed by atoms with Crippen molar-refractivity contribution in [3.8, 4) is 0 Å². The number of amides is 1. The van der Waals surface area contributed by atoms with Gasteiger partial charge in [0.15, 0.2) is 0 Å². The molecule has 0 radical (unpaired) electrons. The maximum atomic E-state index is 12.7. The fourth-order valence-electron chi connectivity index (χ4n) is 2.21. The van der Waals surface area contributed by atoms with Crippen LogP contribution in [0.15, 0.2) is 63.8 Å². The predicted molar refractivity (Wildman–Crippen MR) is 86.3 cm³/mol. The lowest BCUT2D eigenvalue weighted by molar-refractivity contribution is -0.113. The number of carbonyl (C=O) groups is 1. The summed E-state index contributed by atoms with van der Waals surface area (Å²) in [5.41, 5.74) is 1.22. The van der Waals surface area contributed by atoms with Crippen molar-refractivity contribution in [1.82, 2.24) is 5.32 Å². The first-order valence-electron chi connectivity index (χ1n) is 7.14. The van der Waals surface area contributed by atoms with E-state index < -0.39 is 0 Å². The van der Waals surface area contributed by atoms with Crippen LogP contribution in [0.2, 0.25) is 0 Å². The van der Waals surface area contributed by atoms with Gasteiger partial charge in [-0.3, -0.25) is 4.79 Å². The molecule has 1 aliphatic rings. The maximum absolute atomic E-state index is 12.7. The summed E-state index contributed by atoms with van der Waals surface area (Å²) >= 11 is 0. The van der Waals surface area contributed by atoms with Gasteiger partial charge in [0, 0.05) is 12.1 Å². The quantitative estimate of drug-likeness (QED) is 0.886. The molecule has 1 aromatic heterocycles. The summed E-state index contributed by atoms with van der Waals surface area (Å²) in [5.74, 6) is 1.00. The van der Waals surface area contributed by atoms with Crippen molar-refractivity contribution in [2.45, 2.75) is 19.9 Å². The Labute approximate surface area is 129 Å². The van der Waals surface area contributed by atoms with Crippen LogP contribution < -0.4 is 10.2 Å². The molecule has 0 bridgehead atoms. The Kier molecular flexibility index (Phi) is 3.78. The first kappa shape index (κ1) is 14.1. The van der Waals surface area contributed by atoms with Gasteiger partial charge in [-0.1, -0.05) is 18.2 Å². The number of hydrogen-bond donors (Lipinski definition) is 1. The molecule has 0 aliphatic carbocycles. The predicted octanol–water partition coefficient (Wildman–Crippen LogP) is 3.02. The van der Waals surface area contributed by atoms with E-state index in [0.29, 0.717) is 17.4 Å². The molecule has 1 aliphatic heterocycles. The molecule has 2 aromatic rings. The van der Waals surface area contributed by atoms with E-state index in [0.717, 1.165) is 5.69 Å². The average molecular weight is 295 g/mol. The number of hydrogen-bond acceptors (Lipinski definition) is 3. The molecule has 3 rings (SSSR count). The van der Waals surface area contributed by atoms with E-state index in [-0.39, 0.29) is 11.9 Å². The second-order valence-electron chi connectivity index (χ2n) is 5.22. The van der Waals surface area contributed by atoms with E-state index in [1.165, 1.54) is 0 Å². The zero-order chi connectivity index (χ0) is 15.5. The lowest BCUT2D eigenvalue weighted by Gasteiger charge is -2.15. The number of nitrogens with one attached hydrogen (secondary N) is 1. The van der Waals surface area contributed by atoms with Crippen molar-refractivity contribution < 1.29 is 9.21 Å². The SMILES string of the molecule is CC(C)N=C1N/C(=C\c2ccco2)C(=O)N1c1ccccc1. The lowest BCUT2D eigenvalue weighted by Crippen LogP contribution is -2.33. The van der Waals surface area contributed by atoms with Crippen molar-refractivity contribution in [3.63, 3.8) is 0 Å². The number of para-hydroxylation sites is 1. The molecule has 1 aromatic carbocycles. The summed E-state index contributed by atoms with van der Waals surface area (Å²) in [7, 11) is 0. The van der Waals surface area contributed by atoms with Crippen molar-refractivity contribution in [3.05, 3.63) is 60.2 Å². The van der Waals surface area contributed by atoms with Gasteiger partial charge in [-0.2, -0.15) is 0 Å². The highest BCUT2D eigenvalue weighted by molar-refractivity contribution is 6.29. The molecule has 1 fully saturated rings. The second-order valence-corrected chi connectivity index (χ2v) is 5.22. The molecule has 112 valence electrons. The number of nitrogens with zero attached hydrogens (tertiary/aromatic N) is 2. The van der Waals surface area contributed by atoms with E-state index in [4.69, 9.17) is 4.42 Å².